The second-order valence-electron chi connectivity index (χ2n) is 4.94. The van der Waals surface area contributed by atoms with Gasteiger partial charge in [0.2, 0.25) is 0 Å². The molecular weight excluding hydrogens is 299 g/mol. The molecule has 1 heterocycles. The SMILES string of the molecule is Cc1ccc(C2=NN(C(=O)CC#N)C(O)(C(F)(F)F)C2)cc1. The van der Waals surface area contributed by atoms with E-state index in [9.17, 15) is 23.1 Å². The topological polar surface area (TPSA) is 76.7 Å². The number of hydrogen-bond donors (Lipinski definition) is 1. The zero-order valence-electron chi connectivity index (χ0n) is 11.6. The Morgan fingerprint density at radius 1 is 1.45 bits per heavy atom. The zero-order valence-corrected chi connectivity index (χ0v) is 11.6. The number of benzene rings is 1. The van der Waals surface area contributed by atoms with Crippen molar-refractivity contribution in [1.29, 1.82) is 5.26 Å². The molecule has 1 aliphatic rings. The van der Waals surface area contributed by atoms with E-state index in [2.05, 4.69) is 5.10 Å². The molecule has 0 fully saturated rings. The maximum Gasteiger partial charge on any atom is 0.438 e. The Morgan fingerprint density at radius 2 is 2.05 bits per heavy atom. The van der Waals surface area contributed by atoms with Gasteiger partial charge in [-0.15, -0.1) is 0 Å². The number of carbonyl (C=O) groups is 1. The molecule has 22 heavy (non-hydrogen) atoms. The Kier molecular flexibility index (Phi) is 3.94. The Morgan fingerprint density at radius 3 is 2.55 bits per heavy atom. The highest BCUT2D eigenvalue weighted by molar-refractivity contribution is 6.03. The van der Waals surface area contributed by atoms with Gasteiger partial charge < -0.3 is 5.11 Å². The standard InChI is InChI=1S/C14H12F3N3O2/c1-9-2-4-10(5-3-9)11-8-13(22,14(15,16)17)20(19-11)12(21)6-7-18/h2-5,22H,6,8H2,1H3. The maximum absolute atomic E-state index is 13.1. The molecule has 0 saturated heterocycles. The Balaban J connectivity index is 2.43. The molecule has 2 rings (SSSR count). The number of carbonyl (C=O) groups excluding carboxylic acids is 1. The number of aryl methyl sites for hydroxylation is 1. The number of rotatable bonds is 2. The van der Waals surface area contributed by atoms with Crippen molar-refractivity contribution in [1.82, 2.24) is 5.01 Å². The van der Waals surface area contributed by atoms with Crippen LogP contribution in [0.5, 0.6) is 0 Å². The predicted octanol–water partition coefficient (Wildman–Crippen LogP) is 2.10. The van der Waals surface area contributed by atoms with E-state index in [0.29, 0.717) is 5.56 Å². The van der Waals surface area contributed by atoms with Gasteiger partial charge in [-0.1, -0.05) is 29.8 Å². The van der Waals surface area contributed by atoms with Crippen LogP contribution in [0.15, 0.2) is 29.4 Å². The fourth-order valence-electron chi connectivity index (χ4n) is 2.08. The molecule has 116 valence electrons. The molecule has 0 bridgehead atoms. The molecule has 1 aromatic rings. The molecule has 8 heteroatoms. The number of hydrogen-bond acceptors (Lipinski definition) is 4. The third-order valence-electron chi connectivity index (χ3n) is 3.29. The van der Waals surface area contributed by atoms with Crippen molar-refractivity contribution in [3.8, 4) is 6.07 Å². The van der Waals surface area contributed by atoms with Gasteiger partial charge in [0, 0.05) is 0 Å². The third-order valence-corrected chi connectivity index (χ3v) is 3.29. The highest BCUT2D eigenvalue weighted by Crippen LogP contribution is 2.41. The monoisotopic (exact) mass is 311 g/mol. The van der Waals surface area contributed by atoms with Gasteiger partial charge >= 0.3 is 6.18 Å². The Bertz CT molecular complexity index is 661. The summed E-state index contributed by atoms with van der Waals surface area (Å²) in [6.45, 7) is 1.81. The third kappa shape index (κ3) is 2.67. The van der Waals surface area contributed by atoms with Crippen LogP contribution in [-0.4, -0.2) is 33.6 Å². The van der Waals surface area contributed by atoms with Gasteiger partial charge in [-0.3, -0.25) is 4.79 Å². The van der Waals surface area contributed by atoms with E-state index in [4.69, 9.17) is 5.26 Å². The second-order valence-corrected chi connectivity index (χ2v) is 4.94. The lowest BCUT2D eigenvalue weighted by atomic mass is 10.00. The molecular formula is C14H12F3N3O2. The highest BCUT2D eigenvalue weighted by Gasteiger charge is 2.63. The fraction of sp³-hybridized carbons (Fsp3) is 0.357. The van der Waals surface area contributed by atoms with Crippen molar-refractivity contribution in [3.63, 3.8) is 0 Å². The van der Waals surface area contributed by atoms with Crippen molar-refractivity contribution >= 4 is 11.6 Å². The lowest BCUT2D eigenvalue weighted by molar-refractivity contribution is -0.302. The van der Waals surface area contributed by atoms with Crippen LogP contribution in [0.1, 0.15) is 24.0 Å². The molecule has 0 aromatic heterocycles. The molecule has 5 nitrogen and oxygen atoms in total. The molecule has 0 saturated carbocycles. The molecule has 1 aromatic carbocycles. The van der Waals surface area contributed by atoms with Crippen LogP contribution in [-0.2, 0) is 4.79 Å². The van der Waals surface area contributed by atoms with Crippen LogP contribution in [0.3, 0.4) is 0 Å². The smallest absolute Gasteiger partial charge is 0.362 e. The molecule has 1 atom stereocenters. The number of hydrazone groups is 1. The molecule has 0 aliphatic carbocycles. The summed E-state index contributed by atoms with van der Waals surface area (Å²) in [4.78, 5) is 11.7. The van der Waals surface area contributed by atoms with Crippen LogP contribution in [0.25, 0.3) is 0 Å². The molecule has 0 spiro atoms. The first-order chi connectivity index (χ1) is 10.2. The molecule has 1 N–H and O–H groups in total. The van der Waals surface area contributed by atoms with Crippen LogP contribution < -0.4 is 0 Å². The van der Waals surface area contributed by atoms with E-state index in [-0.39, 0.29) is 10.7 Å². The summed E-state index contributed by atoms with van der Waals surface area (Å²) in [6.07, 6.45) is -6.77. The van der Waals surface area contributed by atoms with E-state index < -0.39 is 30.7 Å². The lowest BCUT2D eigenvalue weighted by Crippen LogP contribution is -2.56. The highest BCUT2D eigenvalue weighted by atomic mass is 19.4. The van der Waals surface area contributed by atoms with Gasteiger partial charge in [-0.05, 0) is 12.5 Å². The van der Waals surface area contributed by atoms with Gasteiger partial charge in [0.05, 0.1) is 18.2 Å². The zero-order chi connectivity index (χ0) is 16.5. The van der Waals surface area contributed by atoms with Gasteiger partial charge in [0.15, 0.2) is 0 Å². The second kappa shape index (κ2) is 5.42. The van der Waals surface area contributed by atoms with Crippen LogP contribution >= 0.6 is 0 Å². The van der Waals surface area contributed by atoms with E-state index >= 15 is 0 Å². The predicted molar refractivity (Wildman–Crippen MR) is 70.4 cm³/mol. The van der Waals surface area contributed by atoms with Crippen LogP contribution in [0, 0.1) is 18.3 Å². The van der Waals surface area contributed by atoms with E-state index in [0.717, 1.165) is 5.56 Å². The summed E-state index contributed by atoms with van der Waals surface area (Å²) in [7, 11) is 0. The van der Waals surface area contributed by atoms with Gasteiger partial charge in [0.1, 0.15) is 6.42 Å². The minimum Gasteiger partial charge on any atom is -0.362 e. The van der Waals surface area contributed by atoms with Gasteiger partial charge in [0.25, 0.3) is 11.6 Å². The first kappa shape index (κ1) is 16.0. The average Bonchev–Trinajstić information content (AvgIpc) is 2.79. The van der Waals surface area contributed by atoms with Crippen LogP contribution in [0.4, 0.5) is 13.2 Å². The summed E-state index contributed by atoms with van der Waals surface area (Å²) < 4.78 is 39.4. The van der Waals surface area contributed by atoms with Gasteiger partial charge in [-0.2, -0.15) is 28.5 Å². The van der Waals surface area contributed by atoms with E-state index in [1.165, 1.54) is 6.07 Å². The van der Waals surface area contributed by atoms with Gasteiger partial charge in [-0.25, -0.2) is 0 Å². The number of nitriles is 1. The number of amides is 1. The van der Waals surface area contributed by atoms with Crippen molar-refractivity contribution in [2.45, 2.75) is 31.7 Å². The summed E-state index contributed by atoms with van der Waals surface area (Å²) in [6, 6.07) is 7.94. The number of nitrogens with zero attached hydrogens (tertiary/aromatic N) is 3. The quantitative estimate of drug-likeness (QED) is 0.908. The Labute approximate surface area is 124 Å². The van der Waals surface area contributed by atoms with E-state index in [1.54, 1.807) is 24.3 Å². The lowest BCUT2D eigenvalue weighted by Gasteiger charge is -2.32. The average molecular weight is 311 g/mol. The molecule has 1 amide bonds. The minimum absolute atomic E-state index is 0.0363. The van der Waals surface area contributed by atoms with Crippen LogP contribution in [0.2, 0.25) is 0 Å². The first-order valence-corrected chi connectivity index (χ1v) is 6.32. The normalized spacial score (nSPS) is 21.5. The van der Waals surface area contributed by atoms with Crippen molar-refractivity contribution in [2.24, 2.45) is 5.10 Å². The summed E-state index contributed by atoms with van der Waals surface area (Å²) in [5.74, 6) is -1.20. The van der Waals surface area contributed by atoms with Crippen molar-refractivity contribution in [2.75, 3.05) is 0 Å². The largest absolute Gasteiger partial charge is 0.438 e. The minimum atomic E-state index is -5.09. The first-order valence-electron chi connectivity index (χ1n) is 6.32. The summed E-state index contributed by atoms with van der Waals surface area (Å²) in [5.41, 5.74) is -2.21. The molecule has 0 radical (unpaired) electrons. The Hall–Kier alpha value is -2.40. The number of halogens is 3. The molecule has 1 aliphatic heterocycles. The number of alkyl halides is 3. The fourth-order valence-corrected chi connectivity index (χ4v) is 2.08. The summed E-state index contributed by atoms with van der Waals surface area (Å²) in [5, 5.41) is 22.0. The van der Waals surface area contributed by atoms with E-state index in [1.807, 2.05) is 6.92 Å². The number of aliphatic hydroxyl groups is 1. The molecule has 1 unspecified atom stereocenters. The summed E-state index contributed by atoms with van der Waals surface area (Å²) >= 11 is 0. The van der Waals surface area contributed by atoms with Crippen molar-refractivity contribution in [3.05, 3.63) is 35.4 Å². The maximum atomic E-state index is 13.1. The van der Waals surface area contributed by atoms with Crippen molar-refractivity contribution < 1.29 is 23.1 Å².